The van der Waals surface area contributed by atoms with Crippen LogP contribution in [0.4, 0.5) is 0 Å². The number of hydrogen-bond acceptors (Lipinski definition) is 7. The SMILES string of the molecule is CC(C)C(NC(=O)C(Cc1cnc[nH]1)NC(=O)C(CCCCN)NC(=O)CN)C(=O)O. The summed E-state index contributed by atoms with van der Waals surface area (Å²) in [5.74, 6) is -3.28. The summed E-state index contributed by atoms with van der Waals surface area (Å²) >= 11 is 0. The molecule has 174 valence electrons. The summed E-state index contributed by atoms with van der Waals surface area (Å²) in [6.07, 6.45) is 4.55. The predicted octanol–water partition coefficient (Wildman–Crippen LogP) is -1.77. The molecule has 0 saturated carbocycles. The zero-order valence-electron chi connectivity index (χ0n) is 17.9. The molecule has 12 nitrogen and oxygen atoms in total. The van der Waals surface area contributed by atoms with Gasteiger partial charge in [0.1, 0.15) is 18.1 Å². The fourth-order valence-electron chi connectivity index (χ4n) is 2.88. The van der Waals surface area contributed by atoms with Crippen molar-refractivity contribution in [1.29, 1.82) is 0 Å². The highest BCUT2D eigenvalue weighted by atomic mass is 16.4. The maximum atomic E-state index is 12.9. The minimum Gasteiger partial charge on any atom is -0.480 e. The number of aliphatic carboxylic acids is 1. The van der Waals surface area contributed by atoms with Crippen LogP contribution in [-0.4, -0.2) is 70.0 Å². The molecule has 0 bridgehead atoms. The van der Waals surface area contributed by atoms with Gasteiger partial charge in [-0.25, -0.2) is 9.78 Å². The highest BCUT2D eigenvalue weighted by molar-refractivity contribution is 5.93. The number of carbonyl (C=O) groups excluding carboxylic acids is 3. The third-order valence-corrected chi connectivity index (χ3v) is 4.63. The van der Waals surface area contributed by atoms with Gasteiger partial charge in [-0.2, -0.15) is 0 Å². The molecule has 1 heterocycles. The molecule has 0 radical (unpaired) electrons. The third kappa shape index (κ3) is 9.13. The standard InChI is InChI=1S/C19H33N7O5/c1-11(2)16(19(30)31)26-18(29)14(7-12-9-22-10-23-12)25-17(28)13(5-3-4-6-20)24-15(27)8-21/h9-11,13-14,16H,3-8,20-21H2,1-2H3,(H,22,23)(H,24,27)(H,25,28)(H,26,29)(H,30,31). The molecule has 3 atom stereocenters. The quantitative estimate of drug-likeness (QED) is 0.165. The van der Waals surface area contributed by atoms with Gasteiger partial charge in [-0.05, 0) is 31.7 Å². The number of nitrogens with zero attached hydrogens (tertiary/aromatic N) is 1. The van der Waals surface area contributed by atoms with E-state index in [9.17, 15) is 24.3 Å². The van der Waals surface area contributed by atoms with Crippen molar-refractivity contribution in [3.63, 3.8) is 0 Å². The second-order valence-corrected chi connectivity index (χ2v) is 7.52. The van der Waals surface area contributed by atoms with Crippen molar-refractivity contribution < 1.29 is 24.3 Å². The van der Waals surface area contributed by atoms with Crippen LogP contribution in [0, 0.1) is 5.92 Å². The minimum atomic E-state index is -1.18. The van der Waals surface area contributed by atoms with Crippen LogP contribution in [-0.2, 0) is 25.6 Å². The number of carboxylic acids is 1. The van der Waals surface area contributed by atoms with E-state index < -0.39 is 41.8 Å². The monoisotopic (exact) mass is 439 g/mol. The molecule has 0 fully saturated rings. The van der Waals surface area contributed by atoms with Crippen LogP contribution in [0.1, 0.15) is 38.8 Å². The lowest BCUT2D eigenvalue weighted by Crippen LogP contribution is -2.57. The molecular weight excluding hydrogens is 406 g/mol. The Balaban J connectivity index is 2.99. The normalized spacial score (nSPS) is 13.8. The van der Waals surface area contributed by atoms with E-state index >= 15 is 0 Å². The lowest BCUT2D eigenvalue weighted by Gasteiger charge is -2.25. The Kier molecular flexibility index (Phi) is 11.2. The summed E-state index contributed by atoms with van der Waals surface area (Å²) < 4.78 is 0. The Labute approximate surface area is 180 Å². The van der Waals surface area contributed by atoms with E-state index in [0.29, 0.717) is 31.5 Å². The summed E-state index contributed by atoms with van der Waals surface area (Å²) in [6.45, 7) is 3.48. The Morgan fingerprint density at radius 3 is 2.26 bits per heavy atom. The van der Waals surface area contributed by atoms with Crippen molar-refractivity contribution in [2.24, 2.45) is 17.4 Å². The lowest BCUT2D eigenvalue weighted by molar-refractivity contribution is -0.143. The number of carboxylic acid groups (broad SMARTS) is 1. The smallest absolute Gasteiger partial charge is 0.326 e. The van der Waals surface area contributed by atoms with E-state index in [1.165, 1.54) is 12.5 Å². The maximum Gasteiger partial charge on any atom is 0.326 e. The average Bonchev–Trinajstić information content (AvgIpc) is 3.23. The first kappa shape index (κ1) is 26.0. The molecule has 0 saturated heterocycles. The number of aromatic nitrogens is 2. The molecule has 0 aliphatic rings. The summed E-state index contributed by atoms with van der Waals surface area (Å²) in [5.41, 5.74) is 11.4. The first-order valence-electron chi connectivity index (χ1n) is 10.2. The number of carbonyl (C=O) groups is 4. The first-order valence-corrected chi connectivity index (χ1v) is 10.2. The third-order valence-electron chi connectivity index (χ3n) is 4.63. The topological polar surface area (TPSA) is 205 Å². The van der Waals surface area contributed by atoms with Crippen molar-refractivity contribution in [2.45, 2.75) is 57.7 Å². The molecule has 0 spiro atoms. The lowest BCUT2D eigenvalue weighted by atomic mass is 10.0. The molecule has 0 aliphatic carbocycles. The van der Waals surface area contributed by atoms with Crippen molar-refractivity contribution in [2.75, 3.05) is 13.1 Å². The first-order chi connectivity index (χ1) is 14.7. The van der Waals surface area contributed by atoms with Crippen LogP contribution in [0.15, 0.2) is 12.5 Å². The molecule has 1 rings (SSSR count). The molecule has 0 aromatic carbocycles. The number of rotatable bonds is 14. The van der Waals surface area contributed by atoms with Gasteiger partial charge < -0.3 is 37.5 Å². The van der Waals surface area contributed by atoms with E-state index in [1.807, 2.05) is 0 Å². The van der Waals surface area contributed by atoms with Gasteiger partial charge in [0.25, 0.3) is 0 Å². The largest absolute Gasteiger partial charge is 0.480 e. The average molecular weight is 440 g/mol. The number of nitrogens with one attached hydrogen (secondary N) is 4. The Bertz CT molecular complexity index is 723. The highest BCUT2D eigenvalue weighted by Gasteiger charge is 2.31. The number of H-pyrrole nitrogens is 1. The van der Waals surface area contributed by atoms with Crippen molar-refractivity contribution in [3.8, 4) is 0 Å². The van der Waals surface area contributed by atoms with Gasteiger partial charge in [-0.3, -0.25) is 14.4 Å². The minimum absolute atomic E-state index is 0.0579. The second kappa shape index (κ2) is 13.3. The second-order valence-electron chi connectivity index (χ2n) is 7.52. The number of nitrogens with two attached hydrogens (primary N) is 2. The predicted molar refractivity (Wildman–Crippen MR) is 113 cm³/mol. The van der Waals surface area contributed by atoms with Crippen molar-refractivity contribution >= 4 is 23.7 Å². The van der Waals surface area contributed by atoms with Crippen molar-refractivity contribution in [1.82, 2.24) is 25.9 Å². The van der Waals surface area contributed by atoms with E-state index in [0.717, 1.165) is 0 Å². The van der Waals surface area contributed by atoms with Crippen molar-refractivity contribution in [3.05, 3.63) is 18.2 Å². The number of imidazole rings is 1. The van der Waals surface area contributed by atoms with Gasteiger partial charge in [0, 0.05) is 18.3 Å². The molecule has 1 aromatic rings. The van der Waals surface area contributed by atoms with Crippen LogP contribution in [0.25, 0.3) is 0 Å². The van der Waals surface area contributed by atoms with Gasteiger partial charge in [0.15, 0.2) is 0 Å². The molecule has 3 amide bonds. The summed E-state index contributed by atoms with van der Waals surface area (Å²) in [5, 5.41) is 17.0. The molecule has 0 aliphatic heterocycles. The highest BCUT2D eigenvalue weighted by Crippen LogP contribution is 2.07. The number of unbranched alkanes of at least 4 members (excludes halogenated alkanes) is 1. The Hall–Kier alpha value is -2.99. The Morgan fingerprint density at radius 1 is 1.06 bits per heavy atom. The van der Waals surface area contributed by atoms with Crippen LogP contribution in [0.5, 0.6) is 0 Å². The number of hydrogen-bond donors (Lipinski definition) is 7. The van der Waals surface area contributed by atoms with Gasteiger partial charge in [0.05, 0.1) is 12.9 Å². The van der Waals surface area contributed by atoms with Gasteiger partial charge in [-0.1, -0.05) is 13.8 Å². The fraction of sp³-hybridized carbons (Fsp3) is 0.632. The van der Waals surface area contributed by atoms with E-state index in [2.05, 4.69) is 25.9 Å². The molecule has 12 heteroatoms. The van der Waals surface area contributed by atoms with E-state index in [1.54, 1.807) is 13.8 Å². The molecule has 1 aromatic heterocycles. The van der Waals surface area contributed by atoms with Crippen LogP contribution >= 0.6 is 0 Å². The summed E-state index contributed by atoms with van der Waals surface area (Å²) in [4.78, 5) is 55.6. The molecular formula is C19H33N7O5. The van der Waals surface area contributed by atoms with Gasteiger partial charge in [0.2, 0.25) is 17.7 Å². The van der Waals surface area contributed by atoms with E-state index in [-0.39, 0.29) is 18.9 Å². The van der Waals surface area contributed by atoms with Crippen LogP contribution < -0.4 is 27.4 Å². The Morgan fingerprint density at radius 2 is 1.74 bits per heavy atom. The van der Waals surface area contributed by atoms with Gasteiger partial charge in [-0.15, -0.1) is 0 Å². The van der Waals surface area contributed by atoms with Crippen LogP contribution in [0.2, 0.25) is 0 Å². The zero-order chi connectivity index (χ0) is 23.4. The summed E-state index contributed by atoms with van der Waals surface area (Å²) in [6, 6.07) is -3.11. The number of amides is 3. The maximum absolute atomic E-state index is 12.9. The zero-order valence-corrected chi connectivity index (χ0v) is 17.9. The fourth-order valence-corrected chi connectivity index (χ4v) is 2.88. The summed E-state index contributed by atoms with van der Waals surface area (Å²) in [7, 11) is 0. The van der Waals surface area contributed by atoms with Gasteiger partial charge >= 0.3 is 5.97 Å². The molecule has 3 unspecified atom stereocenters. The molecule has 31 heavy (non-hydrogen) atoms. The molecule has 9 N–H and O–H groups in total. The van der Waals surface area contributed by atoms with Crippen LogP contribution in [0.3, 0.4) is 0 Å². The van der Waals surface area contributed by atoms with E-state index in [4.69, 9.17) is 11.5 Å². The number of aromatic amines is 1.